The standard InChI is InChI=1S/C16H18N2O5/c1-3-21-12-6-8-13(9-7-12)23-11(2)15(19)17-18-16(20)14-5-4-10-22-14/h4-11H,3H2,1-2H3,(H,17,19)(H,18,20). The van der Waals surface area contributed by atoms with Crippen molar-refractivity contribution in [3.63, 3.8) is 0 Å². The summed E-state index contributed by atoms with van der Waals surface area (Å²) in [6.07, 6.45) is 0.582. The van der Waals surface area contributed by atoms with Crippen molar-refractivity contribution in [1.82, 2.24) is 10.9 Å². The summed E-state index contributed by atoms with van der Waals surface area (Å²) in [5.74, 6) is 0.317. The van der Waals surface area contributed by atoms with Gasteiger partial charge in [-0.15, -0.1) is 0 Å². The number of rotatable bonds is 6. The molecule has 1 atom stereocenters. The number of hydrazine groups is 1. The number of nitrogens with one attached hydrogen (secondary N) is 2. The Kier molecular flexibility index (Phi) is 5.62. The van der Waals surface area contributed by atoms with E-state index >= 15 is 0 Å². The van der Waals surface area contributed by atoms with Crippen molar-refractivity contribution >= 4 is 11.8 Å². The molecular formula is C16H18N2O5. The van der Waals surface area contributed by atoms with Gasteiger partial charge in [-0.1, -0.05) is 0 Å². The first-order chi connectivity index (χ1) is 11.1. The predicted octanol–water partition coefficient (Wildman–Crippen LogP) is 1.91. The summed E-state index contributed by atoms with van der Waals surface area (Å²) in [5.41, 5.74) is 4.52. The molecule has 1 heterocycles. The zero-order chi connectivity index (χ0) is 16.7. The van der Waals surface area contributed by atoms with E-state index in [0.29, 0.717) is 12.4 Å². The Labute approximate surface area is 133 Å². The van der Waals surface area contributed by atoms with Crippen LogP contribution in [0.1, 0.15) is 24.4 Å². The first-order valence-electron chi connectivity index (χ1n) is 7.13. The molecule has 0 aliphatic rings. The highest BCUT2D eigenvalue weighted by Crippen LogP contribution is 2.18. The van der Waals surface area contributed by atoms with Gasteiger partial charge >= 0.3 is 5.91 Å². The van der Waals surface area contributed by atoms with Crippen LogP contribution < -0.4 is 20.3 Å². The maximum Gasteiger partial charge on any atom is 0.305 e. The average molecular weight is 318 g/mol. The Bertz CT molecular complexity index is 637. The molecule has 0 aliphatic heterocycles. The van der Waals surface area contributed by atoms with Crippen molar-refractivity contribution in [3.05, 3.63) is 48.4 Å². The summed E-state index contributed by atoms with van der Waals surface area (Å²) in [4.78, 5) is 23.5. The van der Waals surface area contributed by atoms with Crippen LogP contribution in [-0.2, 0) is 4.79 Å². The molecule has 122 valence electrons. The van der Waals surface area contributed by atoms with Crippen LogP contribution in [0.15, 0.2) is 47.1 Å². The SMILES string of the molecule is CCOc1ccc(OC(C)C(=O)NNC(=O)c2ccco2)cc1. The second-order valence-electron chi connectivity index (χ2n) is 4.59. The van der Waals surface area contributed by atoms with Gasteiger partial charge in [0.2, 0.25) is 0 Å². The van der Waals surface area contributed by atoms with Gasteiger partial charge in [-0.05, 0) is 50.2 Å². The number of amides is 2. The molecule has 2 aromatic rings. The highest BCUT2D eigenvalue weighted by molar-refractivity contribution is 5.93. The third-order valence-electron chi connectivity index (χ3n) is 2.86. The maximum absolute atomic E-state index is 11.9. The zero-order valence-electron chi connectivity index (χ0n) is 12.9. The predicted molar refractivity (Wildman–Crippen MR) is 82.0 cm³/mol. The van der Waals surface area contributed by atoms with Crippen molar-refractivity contribution in [2.24, 2.45) is 0 Å². The maximum atomic E-state index is 11.9. The molecule has 0 saturated heterocycles. The van der Waals surface area contributed by atoms with E-state index in [9.17, 15) is 9.59 Å². The Morgan fingerprint density at radius 1 is 1.13 bits per heavy atom. The van der Waals surface area contributed by atoms with Gasteiger partial charge in [0, 0.05) is 0 Å². The Morgan fingerprint density at radius 2 is 1.83 bits per heavy atom. The molecule has 0 aliphatic carbocycles. The smallest absolute Gasteiger partial charge is 0.305 e. The summed E-state index contributed by atoms with van der Waals surface area (Å²) >= 11 is 0. The molecule has 2 amide bonds. The van der Waals surface area contributed by atoms with E-state index in [-0.39, 0.29) is 5.76 Å². The van der Waals surface area contributed by atoms with Crippen LogP contribution in [0.25, 0.3) is 0 Å². The number of ether oxygens (including phenoxy) is 2. The molecule has 1 aromatic carbocycles. The monoisotopic (exact) mass is 318 g/mol. The van der Waals surface area contributed by atoms with Crippen molar-refractivity contribution < 1.29 is 23.5 Å². The van der Waals surface area contributed by atoms with Gasteiger partial charge in [-0.25, -0.2) is 0 Å². The molecule has 1 aromatic heterocycles. The van der Waals surface area contributed by atoms with E-state index in [2.05, 4.69) is 10.9 Å². The lowest BCUT2D eigenvalue weighted by molar-refractivity contribution is -0.128. The van der Waals surface area contributed by atoms with Gasteiger partial charge in [-0.2, -0.15) is 0 Å². The van der Waals surface area contributed by atoms with Gasteiger partial charge in [-0.3, -0.25) is 20.4 Å². The van der Waals surface area contributed by atoms with Crippen molar-refractivity contribution in [2.75, 3.05) is 6.61 Å². The summed E-state index contributed by atoms with van der Waals surface area (Å²) in [5, 5.41) is 0. The number of furan rings is 1. The van der Waals surface area contributed by atoms with Crippen LogP contribution in [0.5, 0.6) is 11.5 Å². The lowest BCUT2D eigenvalue weighted by Gasteiger charge is -2.15. The molecule has 7 nitrogen and oxygen atoms in total. The minimum atomic E-state index is -0.787. The fourth-order valence-corrected chi connectivity index (χ4v) is 1.73. The van der Waals surface area contributed by atoms with Crippen molar-refractivity contribution in [2.45, 2.75) is 20.0 Å². The fourth-order valence-electron chi connectivity index (χ4n) is 1.73. The first-order valence-corrected chi connectivity index (χ1v) is 7.13. The summed E-state index contributed by atoms with van der Waals surface area (Å²) in [6, 6.07) is 9.98. The minimum absolute atomic E-state index is 0.102. The molecule has 2 N–H and O–H groups in total. The van der Waals surface area contributed by atoms with Gasteiger partial charge in [0.1, 0.15) is 11.5 Å². The van der Waals surface area contributed by atoms with Crippen LogP contribution in [0.2, 0.25) is 0 Å². The molecule has 7 heteroatoms. The topological polar surface area (TPSA) is 89.8 Å². The lowest BCUT2D eigenvalue weighted by atomic mass is 10.3. The number of carbonyl (C=O) groups excluding carboxylic acids is 2. The number of hydrogen-bond donors (Lipinski definition) is 2. The number of hydrogen-bond acceptors (Lipinski definition) is 5. The molecule has 23 heavy (non-hydrogen) atoms. The summed E-state index contributed by atoms with van der Waals surface area (Å²) in [6.45, 7) is 4.05. The Morgan fingerprint density at radius 3 is 2.43 bits per heavy atom. The second-order valence-corrected chi connectivity index (χ2v) is 4.59. The molecule has 2 rings (SSSR count). The van der Waals surface area contributed by atoms with Crippen molar-refractivity contribution in [1.29, 1.82) is 0 Å². The Hall–Kier alpha value is -2.96. The Balaban J connectivity index is 1.81. The van der Waals surface area contributed by atoms with E-state index in [4.69, 9.17) is 13.9 Å². The molecule has 0 radical (unpaired) electrons. The van der Waals surface area contributed by atoms with Gasteiger partial charge in [0.05, 0.1) is 12.9 Å². The number of benzene rings is 1. The quantitative estimate of drug-likeness (QED) is 0.794. The largest absolute Gasteiger partial charge is 0.494 e. The fraction of sp³-hybridized carbons (Fsp3) is 0.250. The van der Waals surface area contributed by atoms with E-state index < -0.39 is 17.9 Å². The lowest BCUT2D eigenvalue weighted by Crippen LogP contribution is -2.47. The third kappa shape index (κ3) is 4.77. The second kappa shape index (κ2) is 7.88. The van der Waals surface area contributed by atoms with Crippen LogP contribution >= 0.6 is 0 Å². The molecule has 0 fully saturated rings. The molecule has 1 unspecified atom stereocenters. The summed E-state index contributed by atoms with van der Waals surface area (Å²) < 4.78 is 15.7. The first kappa shape index (κ1) is 16.4. The van der Waals surface area contributed by atoms with Crippen molar-refractivity contribution in [3.8, 4) is 11.5 Å². The van der Waals surface area contributed by atoms with Crippen LogP contribution in [0.3, 0.4) is 0 Å². The van der Waals surface area contributed by atoms with Crippen LogP contribution in [0.4, 0.5) is 0 Å². The zero-order valence-corrected chi connectivity index (χ0v) is 12.9. The highest BCUT2D eigenvalue weighted by Gasteiger charge is 2.16. The molecule has 0 bridgehead atoms. The van der Waals surface area contributed by atoms with Crippen LogP contribution in [0, 0.1) is 0 Å². The van der Waals surface area contributed by atoms with E-state index in [1.807, 2.05) is 6.92 Å². The summed E-state index contributed by atoms with van der Waals surface area (Å²) in [7, 11) is 0. The van der Waals surface area contributed by atoms with Crippen LogP contribution in [-0.4, -0.2) is 24.5 Å². The highest BCUT2D eigenvalue weighted by atomic mass is 16.5. The van der Waals surface area contributed by atoms with E-state index in [1.54, 1.807) is 37.3 Å². The molecule has 0 spiro atoms. The number of carbonyl (C=O) groups is 2. The van der Waals surface area contributed by atoms with Gasteiger partial charge in [0.25, 0.3) is 5.91 Å². The molecular weight excluding hydrogens is 300 g/mol. The van der Waals surface area contributed by atoms with E-state index in [1.165, 1.54) is 12.3 Å². The normalized spacial score (nSPS) is 11.4. The van der Waals surface area contributed by atoms with E-state index in [0.717, 1.165) is 5.75 Å². The molecule has 0 saturated carbocycles. The average Bonchev–Trinajstić information content (AvgIpc) is 3.09. The van der Waals surface area contributed by atoms with Gasteiger partial charge in [0.15, 0.2) is 11.9 Å². The minimum Gasteiger partial charge on any atom is -0.494 e. The third-order valence-corrected chi connectivity index (χ3v) is 2.86. The van der Waals surface area contributed by atoms with Gasteiger partial charge < -0.3 is 13.9 Å².